The number of anilines is 1. The molecule has 236 valence electrons. The van der Waals surface area contributed by atoms with Crippen LogP contribution in [-0.4, -0.2) is 44.3 Å². The Bertz CT molecular complexity index is 1710. The number of halogens is 2. The lowest BCUT2D eigenvalue weighted by Gasteiger charge is -2.34. The van der Waals surface area contributed by atoms with Crippen molar-refractivity contribution in [3.8, 4) is 0 Å². The van der Waals surface area contributed by atoms with Gasteiger partial charge in [0.15, 0.2) is 0 Å². The third-order valence-corrected chi connectivity index (χ3v) is 9.52. The smallest absolute Gasteiger partial charge is 0.264 e. The molecule has 0 radical (unpaired) electrons. The molecule has 4 rings (SSSR count). The molecular formula is C35H37Cl2N3O4S. The fraction of sp³-hybridized carbons (Fsp3) is 0.257. The van der Waals surface area contributed by atoms with E-state index >= 15 is 0 Å². The summed E-state index contributed by atoms with van der Waals surface area (Å²) in [5, 5.41) is 3.85. The van der Waals surface area contributed by atoms with E-state index in [0.29, 0.717) is 33.4 Å². The number of sulfonamides is 1. The van der Waals surface area contributed by atoms with Crippen LogP contribution in [0.4, 0.5) is 5.69 Å². The van der Waals surface area contributed by atoms with Crippen molar-refractivity contribution in [1.29, 1.82) is 0 Å². The van der Waals surface area contributed by atoms with Gasteiger partial charge in [0.05, 0.1) is 10.6 Å². The molecule has 0 aliphatic heterocycles. The summed E-state index contributed by atoms with van der Waals surface area (Å²) in [6, 6.07) is 28.3. The van der Waals surface area contributed by atoms with Gasteiger partial charge in [-0.1, -0.05) is 97.7 Å². The molecular weight excluding hydrogens is 629 g/mol. The van der Waals surface area contributed by atoms with Gasteiger partial charge in [-0.15, -0.1) is 0 Å². The van der Waals surface area contributed by atoms with E-state index in [-0.39, 0.29) is 29.7 Å². The molecule has 1 N–H and O–H groups in total. The minimum atomic E-state index is -4.22. The number of nitrogens with one attached hydrogen (secondary N) is 1. The average molecular weight is 667 g/mol. The van der Waals surface area contributed by atoms with E-state index in [4.69, 9.17) is 23.2 Å². The van der Waals surface area contributed by atoms with Crippen LogP contribution in [0.5, 0.6) is 0 Å². The number of hydrogen-bond acceptors (Lipinski definition) is 4. The normalized spacial score (nSPS) is 12.0. The van der Waals surface area contributed by atoms with E-state index in [9.17, 15) is 18.0 Å². The average Bonchev–Trinajstić information content (AvgIpc) is 3.01. The van der Waals surface area contributed by atoms with Crippen molar-refractivity contribution >= 4 is 50.7 Å². The summed E-state index contributed by atoms with van der Waals surface area (Å²) >= 11 is 12.4. The highest BCUT2D eigenvalue weighted by Crippen LogP contribution is 2.28. The molecule has 0 saturated carbocycles. The van der Waals surface area contributed by atoms with Crippen LogP contribution in [0.15, 0.2) is 108 Å². The van der Waals surface area contributed by atoms with Crippen LogP contribution in [0.3, 0.4) is 0 Å². The Morgan fingerprint density at radius 1 is 0.800 bits per heavy atom. The molecule has 0 aromatic heterocycles. The highest BCUT2D eigenvalue weighted by molar-refractivity contribution is 7.92. The van der Waals surface area contributed by atoms with Crippen molar-refractivity contribution in [2.24, 2.45) is 5.92 Å². The maximum atomic E-state index is 14.5. The van der Waals surface area contributed by atoms with E-state index in [1.54, 1.807) is 49.4 Å². The predicted octanol–water partition coefficient (Wildman–Crippen LogP) is 6.91. The number of amides is 2. The van der Waals surface area contributed by atoms with Crippen LogP contribution in [0, 0.1) is 12.8 Å². The van der Waals surface area contributed by atoms with Gasteiger partial charge < -0.3 is 10.2 Å². The Kier molecular flexibility index (Phi) is 11.7. The summed E-state index contributed by atoms with van der Waals surface area (Å²) in [5.74, 6) is -0.688. The SMILES string of the molecule is Cc1ccccc1N(CC(=O)N(Cc1cccc(Cl)c1)C(Cc1ccccc1)C(=O)NCC(C)C)S(=O)(=O)c1ccc(Cl)cc1. The van der Waals surface area contributed by atoms with E-state index in [1.807, 2.05) is 50.2 Å². The summed E-state index contributed by atoms with van der Waals surface area (Å²) in [6.07, 6.45) is 0.228. The zero-order valence-corrected chi connectivity index (χ0v) is 27.8. The number of benzene rings is 4. The van der Waals surface area contributed by atoms with E-state index in [1.165, 1.54) is 29.2 Å². The predicted molar refractivity (Wildman–Crippen MR) is 181 cm³/mol. The summed E-state index contributed by atoms with van der Waals surface area (Å²) < 4.78 is 29.4. The van der Waals surface area contributed by atoms with Crippen molar-refractivity contribution in [3.63, 3.8) is 0 Å². The van der Waals surface area contributed by atoms with Crippen molar-refractivity contribution < 1.29 is 18.0 Å². The first-order chi connectivity index (χ1) is 21.5. The number of para-hydroxylation sites is 1. The maximum Gasteiger partial charge on any atom is 0.264 e. The van der Waals surface area contributed by atoms with Gasteiger partial charge in [0.1, 0.15) is 12.6 Å². The van der Waals surface area contributed by atoms with E-state index < -0.39 is 28.5 Å². The molecule has 0 fully saturated rings. The first-order valence-corrected chi connectivity index (χ1v) is 16.8. The number of carbonyl (C=O) groups excluding carboxylic acids is 2. The Labute approximate surface area is 275 Å². The lowest BCUT2D eigenvalue weighted by molar-refractivity contribution is -0.140. The largest absolute Gasteiger partial charge is 0.354 e. The van der Waals surface area contributed by atoms with Crippen molar-refractivity contribution in [2.75, 3.05) is 17.4 Å². The monoisotopic (exact) mass is 665 g/mol. The van der Waals surface area contributed by atoms with Gasteiger partial charge in [-0.25, -0.2) is 8.42 Å². The summed E-state index contributed by atoms with van der Waals surface area (Å²) in [5.41, 5.74) is 2.58. The molecule has 0 spiro atoms. The van der Waals surface area contributed by atoms with Crippen LogP contribution in [0.25, 0.3) is 0 Å². The topological polar surface area (TPSA) is 86.8 Å². The number of carbonyl (C=O) groups is 2. The Hall–Kier alpha value is -3.85. The molecule has 10 heteroatoms. The highest BCUT2D eigenvalue weighted by atomic mass is 35.5. The third kappa shape index (κ3) is 9.10. The molecule has 7 nitrogen and oxygen atoms in total. The first kappa shape index (κ1) is 34.0. The standard InChI is InChI=1S/C35H37Cl2N3O4S/c1-25(2)22-38-35(42)33(21-27-11-5-4-6-12-27)39(23-28-13-9-14-30(37)20-28)34(41)24-40(32-15-8-7-10-26(32)3)45(43,44)31-18-16-29(36)17-19-31/h4-20,25,33H,21-24H2,1-3H3,(H,38,42). The van der Waals surface area contributed by atoms with Gasteiger partial charge in [0, 0.05) is 29.6 Å². The Morgan fingerprint density at radius 3 is 2.09 bits per heavy atom. The summed E-state index contributed by atoms with van der Waals surface area (Å²) in [6.45, 7) is 5.68. The molecule has 2 amide bonds. The van der Waals surface area contributed by atoms with E-state index in [0.717, 1.165) is 9.87 Å². The molecule has 0 aliphatic carbocycles. The third-order valence-electron chi connectivity index (χ3n) is 7.26. The number of hydrogen-bond donors (Lipinski definition) is 1. The Morgan fingerprint density at radius 2 is 1.44 bits per heavy atom. The number of aryl methyl sites for hydroxylation is 1. The van der Waals surface area contributed by atoms with Crippen LogP contribution >= 0.6 is 23.2 Å². The fourth-order valence-corrected chi connectivity index (χ4v) is 6.72. The van der Waals surface area contributed by atoms with Gasteiger partial charge in [-0.3, -0.25) is 13.9 Å². The molecule has 0 aliphatic rings. The van der Waals surface area contributed by atoms with Crippen molar-refractivity contribution in [1.82, 2.24) is 10.2 Å². The minimum absolute atomic E-state index is 0.0140. The lowest BCUT2D eigenvalue weighted by atomic mass is 10.0. The van der Waals surface area contributed by atoms with Gasteiger partial charge >= 0.3 is 0 Å². The molecule has 1 unspecified atom stereocenters. The van der Waals surface area contributed by atoms with Crippen molar-refractivity contribution in [2.45, 2.75) is 44.7 Å². The zero-order chi connectivity index (χ0) is 32.6. The van der Waals surface area contributed by atoms with Gasteiger partial charge in [-0.05, 0) is 72.0 Å². The molecule has 4 aromatic rings. The summed E-state index contributed by atoms with van der Waals surface area (Å²) in [7, 11) is -4.22. The second-order valence-corrected chi connectivity index (χ2v) is 14.0. The minimum Gasteiger partial charge on any atom is -0.354 e. The fourth-order valence-electron chi connectivity index (χ4n) is 4.90. The number of rotatable bonds is 13. The second kappa shape index (κ2) is 15.4. The quantitative estimate of drug-likeness (QED) is 0.168. The van der Waals surface area contributed by atoms with Crippen LogP contribution in [0.2, 0.25) is 10.0 Å². The van der Waals surface area contributed by atoms with Crippen LogP contribution < -0.4 is 9.62 Å². The molecule has 1 atom stereocenters. The van der Waals surface area contributed by atoms with Crippen LogP contribution in [-0.2, 0) is 32.6 Å². The van der Waals surface area contributed by atoms with Gasteiger partial charge in [0.25, 0.3) is 10.0 Å². The van der Waals surface area contributed by atoms with Gasteiger partial charge in [0.2, 0.25) is 11.8 Å². The molecule has 0 saturated heterocycles. The molecule has 0 bridgehead atoms. The molecule has 0 heterocycles. The zero-order valence-electron chi connectivity index (χ0n) is 25.5. The lowest BCUT2D eigenvalue weighted by Crippen LogP contribution is -2.53. The van der Waals surface area contributed by atoms with Crippen molar-refractivity contribution in [3.05, 3.63) is 130 Å². The first-order valence-electron chi connectivity index (χ1n) is 14.6. The second-order valence-electron chi connectivity index (χ2n) is 11.2. The maximum absolute atomic E-state index is 14.5. The summed E-state index contributed by atoms with van der Waals surface area (Å²) in [4.78, 5) is 29.8. The van der Waals surface area contributed by atoms with Crippen LogP contribution in [0.1, 0.15) is 30.5 Å². The Balaban J connectivity index is 1.81. The van der Waals surface area contributed by atoms with Gasteiger partial charge in [-0.2, -0.15) is 0 Å². The molecule has 45 heavy (non-hydrogen) atoms. The molecule has 4 aromatic carbocycles. The number of nitrogens with zero attached hydrogens (tertiary/aromatic N) is 2. The van der Waals surface area contributed by atoms with E-state index in [2.05, 4.69) is 5.32 Å². The highest BCUT2D eigenvalue weighted by Gasteiger charge is 2.35.